The van der Waals surface area contributed by atoms with Crippen LogP contribution in [0.5, 0.6) is 17.2 Å². The molecule has 1 aromatic rings. The number of ether oxygens (including phenoxy) is 3. The predicted molar refractivity (Wildman–Crippen MR) is 78.4 cm³/mol. The molecule has 1 saturated heterocycles. The SMILES string of the molecule is COc1cc(OC)c(C(=N)N2CCCCC2)c(OC)c1. The van der Waals surface area contributed by atoms with Gasteiger partial charge in [-0.1, -0.05) is 0 Å². The van der Waals surface area contributed by atoms with Gasteiger partial charge in [0.05, 0.1) is 21.3 Å². The number of nitrogens with one attached hydrogen (secondary N) is 1. The Morgan fingerprint density at radius 2 is 1.50 bits per heavy atom. The van der Waals surface area contributed by atoms with Crippen LogP contribution < -0.4 is 14.2 Å². The van der Waals surface area contributed by atoms with E-state index in [1.807, 2.05) is 0 Å². The average Bonchev–Trinajstić information content (AvgIpc) is 2.53. The van der Waals surface area contributed by atoms with E-state index in [0.29, 0.717) is 28.6 Å². The van der Waals surface area contributed by atoms with Gasteiger partial charge < -0.3 is 19.1 Å². The molecule has 1 aliphatic rings. The van der Waals surface area contributed by atoms with Gasteiger partial charge in [0.1, 0.15) is 28.6 Å². The Morgan fingerprint density at radius 1 is 0.950 bits per heavy atom. The van der Waals surface area contributed by atoms with Crippen molar-refractivity contribution in [2.45, 2.75) is 19.3 Å². The van der Waals surface area contributed by atoms with Crippen LogP contribution in [0, 0.1) is 5.41 Å². The Labute approximate surface area is 119 Å². The predicted octanol–water partition coefficient (Wildman–Crippen LogP) is 2.52. The smallest absolute Gasteiger partial charge is 0.137 e. The van der Waals surface area contributed by atoms with Crippen molar-refractivity contribution >= 4 is 5.84 Å². The molecule has 0 aliphatic carbocycles. The Bertz CT molecular complexity index is 457. The first-order valence-electron chi connectivity index (χ1n) is 6.85. The summed E-state index contributed by atoms with van der Waals surface area (Å²) < 4.78 is 16.1. The number of benzene rings is 1. The number of nitrogens with zero attached hydrogens (tertiary/aromatic N) is 1. The van der Waals surface area contributed by atoms with Crippen molar-refractivity contribution in [1.82, 2.24) is 4.90 Å². The highest BCUT2D eigenvalue weighted by molar-refractivity contribution is 6.02. The number of likely N-dealkylation sites (tertiary alicyclic amines) is 1. The van der Waals surface area contributed by atoms with E-state index >= 15 is 0 Å². The van der Waals surface area contributed by atoms with Crippen LogP contribution in [0.4, 0.5) is 0 Å². The summed E-state index contributed by atoms with van der Waals surface area (Å²) in [4.78, 5) is 2.08. The van der Waals surface area contributed by atoms with E-state index in [1.165, 1.54) is 6.42 Å². The van der Waals surface area contributed by atoms with Gasteiger partial charge in [-0.3, -0.25) is 5.41 Å². The van der Waals surface area contributed by atoms with E-state index in [0.717, 1.165) is 25.9 Å². The largest absolute Gasteiger partial charge is 0.496 e. The van der Waals surface area contributed by atoms with Crippen molar-refractivity contribution in [3.05, 3.63) is 17.7 Å². The van der Waals surface area contributed by atoms with Crippen LogP contribution in [0.2, 0.25) is 0 Å². The fourth-order valence-corrected chi connectivity index (χ4v) is 2.51. The maximum Gasteiger partial charge on any atom is 0.137 e. The minimum Gasteiger partial charge on any atom is -0.496 e. The highest BCUT2D eigenvalue weighted by atomic mass is 16.5. The third-order valence-corrected chi connectivity index (χ3v) is 3.62. The second-order valence-corrected chi connectivity index (χ2v) is 4.80. The first-order chi connectivity index (χ1) is 9.71. The summed E-state index contributed by atoms with van der Waals surface area (Å²) >= 11 is 0. The van der Waals surface area contributed by atoms with Crippen molar-refractivity contribution in [2.24, 2.45) is 0 Å². The minimum atomic E-state index is 0.459. The fraction of sp³-hybridized carbons (Fsp3) is 0.533. The van der Waals surface area contributed by atoms with Gasteiger partial charge in [-0.15, -0.1) is 0 Å². The molecule has 1 aliphatic heterocycles. The molecule has 20 heavy (non-hydrogen) atoms. The molecule has 0 unspecified atom stereocenters. The molecule has 0 saturated carbocycles. The van der Waals surface area contributed by atoms with Crippen LogP contribution in [0.15, 0.2) is 12.1 Å². The van der Waals surface area contributed by atoms with Crippen molar-refractivity contribution < 1.29 is 14.2 Å². The quantitative estimate of drug-likeness (QED) is 0.679. The molecule has 5 heteroatoms. The average molecular weight is 278 g/mol. The van der Waals surface area contributed by atoms with Crippen LogP contribution in [0.25, 0.3) is 0 Å². The molecule has 0 spiro atoms. The highest BCUT2D eigenvalue weighted by Gasteiger charge is 2.23. The van der Waals surface area contributed by atoms with Gasteiger partial charge in [-0.2, -0.15) is 0 Å². The Balaban J connectivity index is 2.39. The van der Waals surface area contributed by atoms with E-state index in [9.17, 15) is 0 Å². The standard InChI is InChI=1S/C15H22N2O3/c1-18-11-9-12(19-2)14(13(10-11)20-3)15(16)17-7-5-4-6-8-17/h9-10,16H,4-8H2,1-3H3. The van der Waals surface area contributed by atoms with Crippen LogP contribution in [0.1, 0.15) is 24.8 Å². The van der Waals surface area contributed by atoms with E-state index in [1.54, 1.807) is 33.5 Å². The maximum absolute atomic E-state index is 8.47. The van der Waals surface area contributed by atoms with Gasteiger partial charge in [0, 0.05) is 25.2 Å². The van der Waals surface area contributed by atoms with E-state index in [4.69, 9.17) is 19.6 Å². The summed E-state index contributed by atoms with van der Waals surface area (Å²) in [5.74, 6) is 2.34. The second-order valence-electron chi connectivity index (χ2n) is 4.80. The lowest BCUT2D eigenvalue weighted by atomic mass is 10.1. The molecule has 1 N–H and O–H groups in total. The van der Waals surface area contributed by atoms with Gasteiger partial charge in [-0.25, -0.2) is 0 Å². The fourth-order valence-electron chi connectivity index (χ4n) is 2.51. The van der Waals surface area contributed by atoms with Crippen molar-refractivity contribution in [3.8, 4) is 17.2 Å². The first-order valence-corrected chi connectivity index (χ1v) is 6.85. The van der Waals surface area contributed by atoms with Crippen molar-refractivity contribution in [2.75, 3.05) is 34.4 Å². The van der Waals surface area contributed by atoms with Crippen LogP contribution in [-0.2, 0) is 0 Å². The van der Waals surface area contributed by atoms with Gasteiger partial charge in [0.15, 0.2) is 0 Å². The number of piperidine rings is 1. The van der Waals surface area contributed by atoms with Crippen LogP contribution >= 0.6 is 0 Å². The third-order valence-electron chi connectivity index (χ3n) is 3.62. The van der Waals surface area contributed by atoms with Gasteiger partial charge in [-0.05, 0) is 19.3 Å². The minimum absolute atomic E-state index is 0.459. The summed E-state index contributed by atoms with van der Waals surface area (Å²) in [5.41, 5.74) is 0.692. The summed E-state index contributed by atoms with van der Waals surface area (Å²) in [7, 11) is 4.80. The number of hydrogen-bond acceptors (Lipinski definition) is 4. The lowest BCUT2D eigenvalue weighted by Gasteiger charge is -2.30. The molecule has 0 aromatic heterocycles. The normalized spacial score (nSPS) is 14.8. The molecular formula is C15H22N2O3. The van der Waals surface area contributed by atoms with Gasteiger partial charge in [0.25, 0.3) is 0 Å². The topological polar surface area (TPSA) is 54.8 Å². The Hall–Kier alpha value is -1.91. The number of amidine groups is 1. The highest BCUT2D eigenvalue weighted by Crippen LogP contribution is 2.35. The van der Waals surface area contributed by atoms with Crippen LogP contribution in [-0.4, -0.2) is 45.2 Å². The van der Waals surface area contributed by atoms with Crippen molar-refractivity contribution in [3.63, 3.8) is 0 Å². The molecular weight excluding hydrogens is 256 g/mol. The summed E-state index contributed by atoms with van der Waals surface area (Å²) in [6, 6.07) is 3.58. The van der Waals surface area contributed by atoms with Crippen LogP contribution in [0.3, 0.4) is 0 Å². The lowest BCUT2D eigenvalue weighted by Crippen LogP contribution is -2.36. The van der Waals surface area contributed by atoms with Gasteiger partial charge >= 0.3 is 0 Å². The molecule has 0 radical (unpaired) electrons. The Morgan fingerprint density at radius 3 is 1.95 bits per heavy atom. The summed E-state index contributed by atoms with van der Waals surface area (Å²) in [5, 5.41) is 8.47. The zero-order valence-electron chi connectivity index (χ0n) is 12.4. The summed E-state index contributed by atoms with van der Waals surface area (Å²) in [6.45, 7) is 1.83. The summed E-state index contributed by atoms with van der Waals surface area (Å²) in [6.07, 6.45) is 3.49. The molecule has 1 heterocycles. The van der Waals surface area contributed by atoms with E-state index in [-0.39, 0.29) is 0 Å². The first kappa shape index (κ1) is 14.5. The van der Waals surface area contributed by atoms with Crippen molar-refractivity contribution in [1.29, 1.82) is 5.41 Å². The van der Waals surface area contributed by atoms with E-state index in [2.05, 4.69) is 4.90 Å². The molecule has 110 valence electrons. The molecule has 0 atom stereocenters. The lowest BCUT2D eigenvalue weighted by molar-refractivity contribution is 0.335. The molecule has 5 nitrogen and oxygen atoms in total. The molecule has 1 aromatic carbocycles. The second kappa shape index (κ2) is 6.50. The molecule has 1 fully saturated rings. The maximum atomic E-state index is 8.47. The van der Waals surface area contributed by atoms with E-state index < -0.39 is 0 Å². The third kappa shape index (κ3) is 2.81. The zero-order chi connectivity index (χ0) is 14.5. The molecule has 0 bridgehead atoms. The molecule has 0 amide bonds. The number of rotatable bonds is 4. The van der Waals surface area contributed by atoms with Gasteiger partial charge in [0.2, 0.25) is 0 Å². The monoisotopic (exact) mass is 278 g/mol. The number of methoxy groups -OCH3 is 3. The molecule has 2 rings (SSSR count). The number of hydrogen-bond donors (Lipinski definition) is 1. The Kier molecular flexibility index (Phi) is 4.71. The zero-order valence-corrected chi connectivity index (χ0v) is 12.4.